The molecule has 3 aromatic carbocycles. The smallest absolute Gasteiger partial charge is 0.282 e. The van der Waals surface area contributed by atoms with E-state index in [0.717, 1.165) is 22.0 Å². The Kier molecular flexibility index (Phi) is 7.71. The van der Waals surface area contributed by atoms with E-state index in [1.807, 2.05) is 49.4 Å². The van der Waals surface area contributed by atoms with Crippen molar-refractivity contribution >= 4 is 56.2 Å². The zero-order valence-electron chi connectivity index (χ0n) is 18.6. The summed E-state index contributed by atoms with van der Waals surface area (Å²) in [6.07, 6.45) is 2.45. The summed E-state index contributed by atoms with van der Waals surface area (Å²) in [5, 5.41) is 6.16. The van der Waals surface area contributed by atoms with Gasteiger partial charge in [-0.05, 0) is 48.9 Å². The van der Waals surface area contributed by atoms with Crippen molar-refractivity contribution in [1.82, 2.24) is 9.66 Å². The number of aromatic nitrogens is 2. The molecule has 174 valence electrons. The van der Waals surface area contributed by atoms with Crippen LogP contribution >= 0.6 is 39.1 Å². The van der Waals surface area contributed by atoms with E-state index in [1.165, 1.54) is 4.68 Å². The van der Waals surface area contributed by atoms with E-state index >= 15 is 0 Å². The molecule has 0 aliphatic heterocycles. The number of halogens is 3. The van der Waals surface area contributed by atoms with Crippen LogP contribution in [0.5, 0.6) is 5.75 Å². The Bertz CT molecular complexity index is 1440. The first kappa shape index (κ1) is 24.5. The average molecular weight is 559 g/mol. The van der Waals surface area contributed by atoms with Crippen LogP contribution in [0.3, 0.4) is 0 Å². The summed E-state index contributed by atoms with van der Waals surface area (Å²) in [7, 11) is 0. The molecule has 1 heterocycles. The van der Waals surface area contributed by atoms with E-state index < -0.39 is 0 Å². The fourth-order valence-corrected chi connectivity index (χ4v) is 4.24. The van der Waals surface area contributed by atoms with Crippen LogP contribution in [-0.4, -0.2) is 15.9 Å². The molecule has 0 radical (unpaired) electrons. The van der Waals surface area contributed by atoms with Crippen LogP contribution in [0.1, 0.15) is 43.1 Å². The molecule has 34 heavy (non-hydrogen) atoms. The molecule has 5 nitrogen and oxygen atoms in total. The summed E-state index contributed by atoms with van der Waals surface area (Å²) >= 11 is 15.7. The summed E-state index contributed by atoms with van der Waals surface area (Å²) in [5.41, 5.74) is 1.98. The van der Waals surface area contributed by atoms with Gasteiger partial charge in [0.15, 0.2) is 0 Å². The highest BCUT2D eigenvalue weighted by atomic mass is 79.9. The summed E-state index contributed by atoms with van der Waals surface area (Å²) < 4.78 is 8.21. The number of para-hydroxylation sites is 1. The van der Waals surface area contributed by atoms with E-state index in [0.29, 0.717) is 32.5 Å². The molecule has 0 bridgehead atoms. The predicted octanol–water partition coefficient (Wildman–Crippen LogP) is 7.44. The van der Waals surface area contributed by atoms with Crippen molar-refractivity contribution in [2.24, 2.45) is 5.10 Å². The molecule has 0 saturated carbocycles. The SMILES string of the molecule is CC[C@H](C)c1nc2ccc(Br)cc2c(=O)n1N=Cc1ccccc1OCc1ccc(Cl)cc1Cl. The highest BCUT2D eigenvalue weighted by molar-refractivity contribution is 9.10. The highest BCUT2D eigenvalue weighted by Crippen LogP contribution is 2.25. The second-order valence-corrected chi connectivity index (χ2v) is 9.62. The third-order valence-electron chi connectivity index (χ3n) is 5.52. The van der Waals surface area contributed by atoms with E-state index in [2.05, 4.69) is 28.0 Å². The van der Waals surface area contributed by atoms with Crippen LogP contribution < -0.4 is 10.3 Å². The minimum atomic E-state index is -0.218. The lowest BCUT2D eigenvalue weighted by Gasteiger charge is -2.14. The van der Waals surface area contributed by atoms with Crippen molar-refractivity contribution in [3.05, 3.63) is 102 Å². The number of fused-ring (bicyclic) bond motifs is 1. The Morgan fingerprint density at radius 3 is 2.71 bits per heavy atom. The van der Waals surface area contributed by atoms with Crippen LogP contribution in [0, 0.1) is 0 Å². The summed E-state index contributed by atoms with van der Waals surface area (Å²) in [5.74, 6) is 1.29. The number of ether oxygens (including phenoxy) is 1. The zero-order valence-corrected chi connectivity index (χ0v) is 21.7. The Labute approximate surface area is 216 Å². The lowest BCUT2D eigenvalue weighted by atomic mass is 10.1. The Hall–Kier alpha value is -2.67. The van der Waals surface area contributed by atoms with Gasteiger partial charge in [-0.15, -0.1) is 0 Å². The molecule has 0 amide bonds. The lowest BCUT2D eigenvalue weighted by molar-refractivity contribution is 0.306. The minimum Gasteiger partial charge on any atom is -0.488 e. The molecule has 0 saturated heterocycles. The van der Waals surface area contributed by atoms with Gasteiger partial charge in [0.1, 0.15) is 18.2 Å². The Morgan fingerprint density at radius 2 is 1.94 bits per heavy atom. The number of rotatable bonds is 7. The second kappa shape index (κ2) is 10.7. The number of benzene rings is 3. The van der Waals surface area contributed by atoms with Crippen molar-refractivity contribution in [1.29, 1.82) is 0 Å². The standard InChI is InChI=1S/C26H22BrCl2N3O2/c1-3-16(2)25-31-23-11-9-19(27)12-21(23)26(33)32(25)30-14-17-6-4-5-7-24(17)34-15-18-8-10-20(28)13-22(18)29/h4-14,16H,3,15H2,1-2H3/t16-/m0/s1. The van der Waals surface area contributed by atoms with Gasteiger partial charge in [0.2, 0.25) is 0 Å². The van der Waals surface area contributed by atoms with Crippen molar-refractivity contribution in [2.75, 3.05) is 0 Å². The Morgan fingerprint density at radius 1 is 1.15 bits per heavy atom. The van der Waals surface area contributed by atoms with Gasteiger partial charge < -0.3 is 4.74 Å². The Balaban J connectivity index is 1.70. The molecular formula is C26H22BrCl2N3O2. The molecule has 4 rings (SSSR count). The third-order valence-corrected chi connectivity index (χ3v) is 6.60. The first-order chi connectivity index (χ1) is 16.4. The van der Waals surface area contributed by atoms with Gasteiger partial charge in [-0.2, -0.15) is 9.78 Å². The normalized spacial score (nSPS) is 12.4. The van der Waals surface area contributed by atoms with Crippen molar-refractivity contribution in [3.8, 4) is 5.75 Å². The van der Waals surface area contributed by atoms with Crippen LogP contribution in [-0.2, 0) is 6.61 Å². The van der Waals surface area contributed by atoms with Gasteiger partial charge in [-0.3, -0.25) is 4.79 Å². The van der Waals surface area contributed by atoms with E-state index in [1.54, 1.807) is 24.4 Å². The van der Waals surface area contributed by atoms with Crippen LogP contribution in [0.4, 0.5) is 0 Å². The molecule has 0 N–H and O–H groups in total. The largest absolute Gasteiger partial charge is 0.488 e. The van der Waals surface area contributed by atoms with Crippen LogP contribution in [0.15, 0.2) is 75.0 Å². The van der Waals surface area contributed by atoms with Crippen molar-refractivity contribution in [2.45, 2.75) is 32.8 Å². The maximum absolute atomic E-state index is 13.3. The fraction of sp³-hybridized carbons (Fsp3) is 0.192. The number of nitrogens with zero attached hydrogens (tertiary/aromatic N) is 3. The molecular weight excluding hydrogens is 537 g/mol. The van der Waals surface area contributed by atoms with Crippen LogP contribution in [0.2, 0.25) is 10.0 Å². The second-order valence-electron chi connectivity index (χ2n) is 7.86. The predicted molar refractivity (Wildman–Crippen MR) is 143 cm³/mol. The maximum atomic E-state index is 13.3. The van der Waals surface area contributed by atoms with Crippen molar-refractivity contribution in [3.63, 3.8) is 0 Å². The van der Waals surface area contributed by atoms with Gasteiger partial charge >= 0.3 is 0 Å². The summed E-state index contributed by atoms with van der Waals surface area (Å²) in [4.78, 5) is 18.1. The molecule has 4 aromatic rings. The zero-order chi connectivity index (χ0) is 24.2. The third kappa shape index (κ3) is 5.35. The number of hydrogen-bond donors (Lipinski definition) is 0. The lowest BCUT2D eigenvalue weighted by Crippen LogP contribution is -2.23. The van der Waals surface area contributed by atoms with E-state index in [4.69, 9.17) is 32.9 Å². The fourth-order valence-electron chi connectivity index (χ4n) is 3.41. The van der Waals surface area contributed by atoms with Gasteiger partial charge in [-0.1, -0.05) is 71.2 Å². The molecule has 1 atom stereocenters. The molecule has 0 fully saturated rings. The minimum absolute atomic E-state index is 0.0523. The monoisotopic (exact) mass is 557 g/mol. The summed E-state index contributed by atoms with van der Waals surface area (Å²) in [6, 6.07) is 18.3. The molecule has 1 aromatic heterocycles. The quantitative estimate of drug-likeness (QED) is 0.221. The van der Waals surface area contributed by atoms with E-state index in [9.17, 15) is 4.79 Å². The summed E-state index contributed by atoms with van der Waals surface area (Å²) in [6.45, 7) is 4.36. The molecule has 0 aliphatic rings. The van der Waals surface area contributed by atoms with Crippen molar-refractivity contribution < 1.29 is 4.74 Å². The molecule has 0 spiro atoms. The highest BCUT2D eigenvalue weighted by Gasteiger charge is 2.16. The van der Waals surface area contributed by atoms with Gasteiger partial charge in [0, 0.05) is 31.6 Å². The maximum Gasteiger partial charge on any atom is 0.282 e. The first-order valence-electron chi connectivity index (χ1n) is 10.8. The van der Waals surface area contributed by atoms with Gasteiger partial charge in [0.05, 0.1) is 17.1 Å². The van der Waals surface area contributed by atoms with E-state index in [-0.39, 0.29) is 18.1 Å². The van der Waals surface area contributed by atoms with Gasteiger partial charge in [-0.25, -0.2) is 4.98 Å². The van der Waals surface area contributed by atoms with Gasteiger partial charge in [0.25, 0.3) is 5.56 Å². The number of hydrogen-bond acceptors (Lipinski definition) is 4. The average Bonchev–Trinajstić information content (AvgIpc) is 2.83. The first-order valence-corrected chi connectivity index (χ1v) is 12.3. The molecule has 0 aliphatic carbocycles. The topological polar surface area (TPSA) is 56.5 Å². The molecule has 0 unspecified atom stereocenters. The molecule has 8 heteroatoms. The van der Waals surface area contributed by atoms with Crippen LogP contribution in [0.25, 0.3) is 10.9 Å².